The third-order valence-corrected chi connectivity index (χ3v) is 2.51. The van der Waals surface area contributed by atoms with Crippen LogP contribution in [0.1, 0.15) is 18.2 Å². The van der Waals surface area contributed by atoms with Crippen molar-refractivity contribution >= 4 is 18.1 Å². The molecule has 6 nitrogen and oxygen atoms in total. The lowest BCUT2D eigenvalue weighted by atomic mass is 10.1. The van der Waals surface area contributed by atoms with E-state index in [9.17, 15) is 4.79 Å². The molecule has 0 aliphatic heterocycles. The predicted molar refractivity (Wildman–Crippen MR) is 79.6 cm³/mol. The smallest absolute Gasteiger partial charge is 0.260 e. The Morgan fingerprint density at radius 2 is 2.10 bits per heavy atom. The molecule has 1 aromatic heterocycles. The average Bonchev–Trinajstić information content (AvgIpc) is 2.44. The van der Waals surface area contributed by atoms with E-state index in [1.54, 1.807) is 13.1 Å². The van der Waals surface area contributed by atoms with E-state index in [0.717, 1.165) is 11.1 Å². The van der Waals surface area contributed by atoms with E-state index >= 15 is 0 Å². The SMILES string of the molecule is CC(/C=N\Nc1nc(=O)[nH]nc1C)=C\c1ccccc1. The van der Waals surface area contributed by atoms with Crippen LogP contribution >= 0.6 is 0 Å². The van der Waals surface area contributed by atoms with Gasteiger partial charge in [0.2, 0.25) is 0 Å². The Morgan fingerprint density at radius 1 is 1.35 bits per heavy atom. The van der Waals surface area contributed by atoms with Crippen LogP contribution in [0.3, 0.4) is 0 Å². The molecule has 0 amide bonds. The Labute approximate surface area is 116 Å². The molecule has 102 valence electrons. The van der Waals surface area contributed by atoms with E-state index in [2.05, 4.69) is 25.7 Å². The lowest BCUT2D eigenvalue weighted by Crippen LogP contribution is -2.15. The molecule has 0 spiro atoms. The molecule has 0 aliphatic rings. The van der Waals surface area contributed by atoms with Crippen molar-refractivity contribution in [1.82, 2.24) is 15.2 Å². The summed E-state index contributed by atoms with van der Waals surface area (Å²) in [4.78, 5) is 14.8. The monoisotopic (exact) mass is 269 g/mol. The number of aryl methyl sites for hydroxylation is 1. The molecule has 0 unspecified atom stereocenters. The van der Waals surface area contributed by atoms with Gasteiger partial charge in [-0.1, -0.05) is 36.4 Å². The van der Waals surface area contributed by atoms with Gasteiger partial charge >= 0.3 is 5.69 Å². The van der Waals surface area contributed by atoms with Crippen molar-refractivity contribution in [2.24, 2.45) is 5.10 Å². The van der Waals surface area contributed by atoms with Crippen LogP contribution in [0.15, 0.2) is 45.8 Å². The molecule has 0 fully saturated rings. The quantitative estimate of drug-likeness (QED) is 0.656. The number of nitrogens with zero attached hydrogens (tertiary/aromatic N) is 3. The van der Waals surface area contributed by atoms with Gasteiger partial charge in [-0.3, -0.25) is 5.43 Å². The highest BCUT2D eigenvalue weighted by atomic mass is 16.1. The number of rotatable bonds is 4. The van der Waals surface area contributed by atoms with Gasteiger partial charge in [-0.2, -0.15) is 15.2 Å². The highest BCUT2D eigenvalue weighted by Gasteiger charge is 1.99. The molecule has 0 aliphatic carbocycles. The first-order valence-electron chi connectivity index (χ1n) is 6.11. The fourth-order valence-corrected chi connectivity index (χ4v) is 1.54. The topological polar surface area (TPSA) is 83.0 Å². The zero-order valence-electron chi connectivity index (χ0n) is 11.3. The van der Waals surface area contributed by atoms with Crippen LogP contribution in [-0.4, -0.2) is 21.4 Å². The number of allylic oxidation sites excluding steroid dienone is 1. The number of benzene rings is 1. The van der Waals surface area contributed by atoms with Crippen molar-refractivity contribution in [2.45, 2.75) is 13.8 Å². The van der Waals surface area contributed by atoms with E-state index in [-0.39, 0.29) is 0 Å². The van der Waals surface area contributed by atoms with Gasteiger partial charge in [-0.25, -0.2) is 9.89 Å². The Morgan fingerprint density at radius 3 is 2.85 bits per heavy atom. The van der Waals surface area contributed by atoms with Crippen LogP contribution in [0, 0.1) is 6.92 Å². The number of hydrogen-bond acceptors (Lipinski definition) is 5. The maximum absolute atomic E-state index is 11.0. The van der Waals surface area contributed by atoms with Crippen molar-refractivity contribution in [3.05, 3.63) is 57.6 Å². The number of nitrogens with one attached hydrogen (secondary N) is 2. The molecule has 6 heteroatoms. The second-order valence-corrected chi connectivity index (χ2v) is 4.24. The van der Waals surface area contributed by atoms with Crippen molar-refractivity contribution < 1.29 is 0 Å². The van der Waals surface area contributed by atoms with Crippen LogP contribution in [0.25, 0.3) is 6.08 Å². The first-order valence-corrected chi connectivity index (χ1v) is 6.11. The number of aromatic amines is 1. The Bertz CT molecular complexity index is 688. The van der Waals surface area contributed by atoms with Crippen LogP contribution in [-0.2, 0) is 0 Å². The summed E-state index contributed by atoms with van der Waals surface area (Å²) in [7, 11) is 0. The second kappa shape index (κ2) is 6.42. The fourth-order valence-electron chi connectivity index (χ4n) is 1.54. The molecular formula is C14H15N5O. The zero-order valence-corrected chi connectivity index (χ0v) is 11.3. The van der Waals surface area contributed by atoms with Gasteiger partial charge < -0.3 is 0 Å². The van der Waals surface area contributed by atoms with Crippen molar-refractivity contribution in [1.29, 1.82) is 0 Å². The maximum atomic E-state index is 11.0. The largest absolute Gasteiger partial charge is 0.363 e. The van der Waals surface area contributed by atoms with E-state index in [4.69, 9.17) is 0 Å². The molecule has 0 bridgehead atoms. The van der Waals surface area contributed by atoms with Crippen LogP contribution in [0.5, 0.6) is 0 Å². The van der Waals surface area contributed by atoms with Crippen molar-refractivity contribution in [3.8, 4) is 0 Å². The Hall–Kier alpha value is -2.76. The summed E-state index contributed by atoms with van der Waals surface area (Å²) in [5.41, 5.74) is 4.84. The summed E-state index contributed by atoms with van der Waals surface area (Å²) in [5, 5.41) is 10.1. The fraction of sp³-hybridized carbons (Fsp3) is 0.143. The zero-order chi connectivity index (χ0) is 14.4. The molecule has 20 heavy (non-hydrogen) atoms. The first-order chi connectivity index (χ1) is 9.65. The van der Waals surface area contributed by atoms with Gasteiger partial charge in [-0.15, -0.1) is 0 Å². The van der Waals surface area contributed by atoms with Gasteiger partial charge in [0, 0.05) is 0 Å². The Balaban J connectivity index is 2.05. The van der Waals surface area contributed by atoms with Crippen LogP contribution < -0.4 is 11.1 Å². The van der Waals surface area contributed by atoms with Crippen molar-refractivity contribution in [2.75, 3.05) is 5.43 Å². The third kappa shape index (κ3) is 3.88. The second-order valence-electron chi connectivity index (χ2n) is 4.24. The standard InChI is InChI=1S/C14H15N5O/c1-10(8-12-6-4-3-5-7-12)9-15-18-13-11(2)17-19-14(20)16-13/h3-9H,1-2H3,(H2,16,18,19,20)/b10-8+,15-9-. The molecule has 2 N–H and O–H groups in total. The minimum Gasteiger partial charge on any atom is -0.260 e. The predicted octanol–water partition coefficient (Wildman–Crippen LogP) is 1.97. The molecule has 1 aromatic carbocycles. The van der Waals surface area contributed by atoms with Gasteiger partial charge in [0.15, 0.2) is 5.82 Å². The number of H-pyrrole nitrogens is 1. The van der Waals surface area contributed by atoms with Crippen LogP contribution in [0.2, 0.25) is 0 Å². The number of anilines is 1. The lowest BCUT2D eigenvalue weighted by Gasteiger charge is -2.00. The van der Waals surface area contributed by atoms with Gasteiger partial charge in [0.1, 0.15) is 5.69 Å². The van der Waals surface area contributed by atoms with Gasteiger partial charge in [0.05, 0.1) is 6.21 Å². The number of aromatic nitrogens is 3. The minimum absolute atomic E-state index is 0.345. The normalized spacial score (nSPS) is 11.8. The Kier molecular flexibility index (Phi) is 4.39. The summed E-state index contributed by atoms with van der Waals surface area (Å²) in [6, 6.07) is 9.94. The molecular weight excluding hydrogens is 254 g/mol. The maximum Gasteiger partial charge on any atom is 0.363 e. The molecule has 1 heterocycles. The van der Waals surface area contributed by atoms with E-state index in [0.29, 0.717) is 11.5 Å². The number of hydrazone groups is 1. The van der Waals surface area contributed by atoms with E-state index in [1.165, 1.54) is 0 Å². The summed E-state index contributed by atoms with van der Waals surface area (Å²) in [5.74, 6) is 0.345. The molecule has 2 aromatic rings. The van der Waals surface area contributed by atoms with Crippen molar-refractivity contribution in [3.63, 3.8) is 0 Å². The number of hydrogen-bond donors (Lipinski definition) is 2. The molecule has 2 rings (SSSR count). The molecule has 0 saturated heterocycles. The van der Waals surface area contributed by atoms with E-state index in [1.807, 2.05) is 43.3 Å². The van der Waals surface area contributed by atoms with Gasteiger partial charge in [0.25, 0.3) is 0 Å². The summed E-state index contributed by atoms with van der Waals surface area (Å²) in [6.07, 6.45) is 3.66. The highest BCUT2D eigenvalue weighted by Crippen LogP contribution is 2.05. The van der Waals surface area contributed by atoms with Crippen LogP contribution in [0.4, 0.5) is 5.82 Å². The molecule has 0 saturated carbocycles. The van der Waals surface area contributed by atoms with Gasteiger partial charge in [-0.05, 0) is 25.0 Å². The summed E-state index contributed by atoms with van der Waals surface area (Å²) < 4.78 is 0. The summed E-state index contributed by atoms with van der Waals surface area (Å²) >= 11 is 0. The lowest BCUT2D eigenvalue weighted by molar-refractivity contribution is 0.879. The first kappa shape index (κ1) is 13.7. The van der Waals surface area contributed by atoms with E-state index < -0.39 is 5.69 Å². The average molecular weight is 269 g/mol. The minimum atomic E-state index is -0.509. The highest BCUT2D eigenvalue weighted by molar-refractivity contribution is 5.85. The third-order valence-electron chi connectivity index (χ3n) is 2.51. The molecule has 0 atom stereocenters. The molecule has 0 radical (unpaired) electrons. The summed E-state index contributed by atoms with van der Waals surface area (Å²) in [6.45, 7) is 3.67.